The van der Waals surface area contributed by atoms with Gasteiger partial charge in [-0.2, -0.15) is 0 Å². The number of carbonyl (C=O) groups is 1. The number of aryl methyl sites for hydroxylation is 1. The minimum Gasteiger partial charge on any atom is -0.465 e. The number of esters is 1. The van der Waals surface area contributed by atoms with Gasteiger partial charge in [0.25, 0.3) is 0 Å². The Kier molecular flexibility index (Phi) is 4.34. The highest BCUT2D eigenvalue weighted by Crippen LogP contribution is 2.26. The molecule has 0 saturated carbocycles. The summed E-state index contributed by atoms with van der Waals surface area (Å²) in [7, 11) is 1.31. The van der Waals surface area contributed by atoms with Gasteiger partial charge >= 0.3 is 5.97 Å². The molecule has 0 aliphatic rings. The quantitative estimate of drug-likeness (QED) is 0.864. The van der Waals surface area contributed by atoms with Crippen molar-refractivity contribution in [3.63, 3.8) is 0 Å². The number of ether oxygens (including phenoxy) is 1. The largest absolute Gasteiger partial charge is 0.465 e. The topological polar surface area (TPSA) is 51.2 Å². The summed E-state index contributed by atoms with van der Waals surface area (Å²) in [5, 5.41) is 2.98. The van der Waals surface area contributed by atoms with Gasteiger partial charge in [-0.15, -0.1) is 0 Å². The summed E-state index contributed by atoms with van der Waals surface area (Å²) in [6.45, 7) is 1.84. The lowest BCUT2D eigenvalue weighted by Crippen LogP contribution is -2.03. The number of pyridine rings is 1. The summed E-state index contributed by atoms with van der Waals surface area (Å²) >= 11 is 3.13. The van der Waals surface area contributed by atoms with E-state index in [9.17, 15) is 9.18 Å². The number of hydrogen-bond acceptors (Lipinski definition) is 4. The molecule has 0 aliphatic carbocycles. The van der Waals surface area contributed by atoms with Crippen LogP contribution >= 0.6 is 15.9 Å². The lowest BCUT2D eigenvalue weighted by Gasteiger charge is -2.10. The number of anilines is 2. The van der Waals surface area contributed by atoms with E-state index in [-0.39, 0.29) is 5.82 Å². The first-order valence-electron chi connectivity index (χ1n) is 5.78. The molecule has 2 aromatic rings. The molecule has 2 rings (SSSR count). The molecule has 20 heavy (non-hydrogen) atoms. The fourth-order valence-electron chi connectivity index (χ4n) is 1.66. The Morgan fingerprint density at radius 3 is 2.85 bits per heavy atom. The van der Waals surface area contributed by atoms with Crippen LogP contribution < -0.4 is 5.32 Å². The molecule has 0 fully saturated rings. The molecule has 1 aromatic carbocycles. The summed E-state index contributed by atoms with van der Waals surface area (Å²) in [4.78, 5) is 15.5. The number of nitrogens with one attached hydrogen (secondary N) is 1. The first kappa shape index (κ1) is 14.5. The highest BCUT2D eigenvalue weighted by molar-refractivity contribution is 9.10. The van der Waals surface area contributed by atoms with Crippen molar-refractivity contribution < 1.29 is 13.9 Å². The van der Waals surface area contributed by atoms with Crippen molar-refractivity contribution in [2.24, 2.45) is 0 Å². The Morgan fingerprint density at radius 2 is 2.15 bits per heavy atom. The number of methoxy groups -OCH3 is 1. The molecule has 1 heterocycles. The van der Waals surface area contributed by atoms with Gasteiger partial charge in [-0.1, -0.05) is 0 Å². The molecule has 0 saturated heterocycles. The molecule has 104 valence electrons. The van der Waals surface area contributed by atoms with E-state index in [0.29, 0.717) is 21.5 Å². The predicted octanol–water partition coefficient (Wildman–Crippen LogP) is 3.82. The second-order valence-electron chi connectivity index (χ2n) is 4.13. The molecule has 0 aliphatic heterocycles. The predicted molar refractivity (Wildman–Crippen MR) is 77.7 cm³/mol. The third kappa shape index (κ3) is 3.14. The van der Waals surface area contributed by atoms with Crippen LogP contribution in [0.1, 0.15) is 15.9 Å². The monoisotopic (exact) mass is 338 g/mol. The van der Waals surface area contributed by atoms with E-state index < -0.39 is 5.97 Å². The van der Waals surface area contributed by atoms with E-state index in [1.807, 2.05) is 6.92 Å². The average molecular weight is 339 g/mol. The molecule has 0 spiro atoms. The van der Waals surface area contributed by atoms with E-state index in [1.165, 1.54) is 19.4 Å². The zero-order valence-corrected chi connectivity index (χ0v) is 12.5. The van der Waals surface area contributed by atoms with E-state index in [2.05, 4.69) is 31.0 Å². The fraction of sp³-hybridized carbons (Fsp3) is 0.143. The maximum atomic E-state index is 13.5. The molecule has 0 radical (unpaired) electrons. The van der Waals surface area contributed by atoms with Crippen LogP contribution in [0.25, 0.3) is 0 Å². The van der Waals surface area contributed by atoms with Gasteiger partial charge in [-0.25, -0.2) is 14.2 Å². The Labute approximate surface area is 124 Å². The fourth-order valence-corrected chi connectivity index (χ4v) is 2.12. The highest BCUT2D eigenvalue weighted by atomic mass is 79.9. The van der Waals surface area contributed by atoms with E-state index >= 15 is 0 Å². The van der Waals surface area contributed by atoms with E-state index in [0.717, 1.165) is 5.56 Å². The van der Waals surface area contributed by atoms with Crippen molar-refractivity contribution in [3.8, 4) is 0 Å². The molecule has 0 amide bonds. The Morgan fingerprint density at radius 1 is 1.40 bits per heavy atom. The number of nitrogens with zero attached hydrogens (tertiary/aromatic N) is 1. The molecule has 0 atom stereocenters. The van der Waals surface area contributed by atoms with Crippen LogP contribution in [0.4, 0.5) is 15.9 Å². The lowest BCUT2D eigenvalue weighted by atomic mass is 10.2. The third-order valence-corrected chi connectivity index (χ3v) is 3.32. The van der Waals surface area contributed by atoms with Gasteiger partial charge in [0.1, 0.15) is 11.6 Å². The zero-order chi connectivity index (χ0) is 14.7. The summed E-state index contributed by atoms with van der Waals surface area (Å²) < 4.78 is 18.6. The second-order valence-corrected chi connectivity index (χ2v) is 4.98. The van der Waals surface area contributed by atoms with Crippen LogP contribution in [0.2, 0.25) is 0 Å². The Bertz CT molecular complexity index is 662. The molecular formula is C14H12BrFN2O2. The van der Waals surface area contributed by atoms with Crippen molar-refractivity contribution in [3.05, 3.63) is 51.9 Å². The second kappa shape index (κ2) is 6.00. The van der Waals surface area contributed by atoms with Crippen LogP contribution in [0.5, 0.6) is 0 Å². The van der Waals surface area contributed by atoms with Gasteiger partial charge in [0.2, 0.25) is 0 Å². The lowest BCUT2D eigenvalue weighted by molar-refractivity contribution is 0.0600. The van der Waals surface area contributed by atoms with Crippen molar-refractivity contribution >= 4 is 33.4 Å². The van der Waals surface area contributed by atoms with Crippen LogP contribution in [-0.2, 0) is 4.74 Å². The smallest absolute Gasteiger partial charge is 0.338 e. The number of rotatable bonds is 3. The first-order chi connectivity index (χ1) is 9.51. The maximum absolute atomic E-state index is 13.5. The minimum atomic E-state index is -0.450. The zero-order valence-electron chi connectivity index (χ0n) is 10.9. The summed E-state index contributed by atoms with van der Waals surface area (Å²) in [5.74, 6) is -0.380. The SMILES string of the molecule is COC(=O)c1ccnc(Nc2cc(F)c(Br)cc2C)c1. The maximum Gasteiger partial charge on any atom is 0.338 e. The molecular weight excluding hydrogens is 327 g/mol. The van der Waals surface area contributed by atoms with Crippen LogP contribution in [0, 0.1) is 12.7 Å². The molecule has 1 aromatic heterocycles. The number of benzene rings is 1. The molecule has 4 nitrogen and oxygen atoms in total. The van der Waals surface area contributed by atoms with Gasteiger partial charge in [0, 0.05) is 11.9 Å². The van der Waals surface area contributed by atoms with Crippen molar-refractivity contribution in [1.29, 1.82) is 0 Å². The van der Waals surface area contributed by atoms with Crippen LogP contribution in [0.3, 0.4) is 0 Å². The number of carbonyl (C=O) groups excluding carboxylic acids is 1. The van der Waals surface area contributed by atoms with E-state index in [1.54, 1.807) is 18.2 Å². The van der Waals surface area contributed by atoms with Gasteiger partial charge in [0.15, 0.2) is 0 Å². The van der Waals surface area contributed by atoms with Gasteiger partial charge < -0.3 is 10.1 Å². The van der Waals surface area contributed by atoms with Crippen LogP contribution in [-0.4, -0.2) is 18.1 Å². The third-order valence-electron chi connectivity index (χ3n) is 2.71. The summed E-state index contributed by atoms with van der Waals surface area (Å²) in [6, 6.07) is 6.13. The van der Waals surface area contributed by atoms with Gasteiger partial charge in [0.05, 0.1) is 17.1 Å². The Hall–Kier alpha value is -1.95. The molecule has 6 heteroatoms. The van der Waals surface area contributed by atoms with Crippen molar-refractivity contribution in [2.45, 2.75) is 6.92 Å². The van der Waals surface area contributed by atoms with Crippen LogP contribution in [0.15, 0.2) is 34.9 Å². The Balaban J connectivity index is 2.31. The molecule has 1 N–H and O–H groups in total. The minimum absolute atomic E-state index is 0.373. The first-order valence-corrected chi connectivity index (χ1v) is 6.57. The molecule has 0 bridgehead atoms. The molecule has 0 unspecified atom stereocenters. The summed E-state index contributed by atoms with van der Waals surface area (Å²) in [5.41, 5.74) is 1.81. The summed E-state index contributed by atoms with van der Waals surface area (Å²) in [6.07, 6.45) is 1.49. The highest BCUT2D eigenvalue weighted by Gasteiger charge is 2.09. The van der Waals surface area contributed by atoms with Crippen molar-refractivity contribution in [2.75, 3.05) is 12.4 Å². The number of hydrogen-bond donors (Lipinski definition) is 1. The van der Waals surface area contributed by atoms with Crippen molar-refractivity contribution in [1.82, 2.24) is 4.98 Å². The average Bonchev–Trinajstić information content (AvgIpc) is 2.44. The van der Waals surface area contributed by atoms with Gasteiger partial charge in [-0.3, -0.25) is 0 Å². The standard InChI is InChI=1S/C14H12BrFN2O2/c1-8-5-10(15)11(16)7-12(8)18-13-6-9(3-4-17-13)14(19)20-2/h3-7H,1-2H3,(H,17,18). The number of aromatic nitrogens is 1. The normalized spacial score (nSPS) is 10.2. The number of halogens is 2. The van der Waals surface area contributed by atoms with E-state index in [4.69, 9.17) is 0 Å². The van der Waals surface area contributed by atoms with Gasteiger partial charge in [-0.05, 0) is 52.7 Å².